The van der Waals surface area contributed by atoms with Crippen molar-refractivity contribution in [2.24, 2.45) is 0 Å². The third-order valence-corrected chi connectivity index (χ3v) is 6.53. The molecule has 4 aromatic rings. The zero-order valence-corrected chi connectivity index (χ0v) is 22.7. The van der Waals surface area contributed by atoms with E-state index in [-0.39, 0.29) is 29.5 Å². The molecule has 7 nitrogen and oxygen atoms in total. The first-order chi connectivity index (χ1) is 19.2. The van der Waals surface area contributed by atoms with Gasteiger partial charge in [-0.25, -0.2) is 18.6 Å². The molecule has 0 aliphatic carbocycles. The molecule has 1 atom stereocenters. The zero-order chi connectivity index (χ0) is 28.9. The number of carbonyl (C=O) groups is 1. The molecule has 0 radical (unpaired) electrons. The van der Waals surface area contributed by atoms with Gasteiger partial charge in [-0.15, -0.1) is 0 Å². The summed E-state index contributed by atoms with van der Waals surface area (Å²) in [6.45, 7) is 5.40. The van der Waals surface area contributed by atoms with E-state index in [9.17, 15) is 14.3 Å². The van der Waals surface area contributed by atoms with Crippen LogP contribution in [0.4, 0.5) is 14.5 Å². The molecule has 3 N–H and O–H groups in total. The lowest BCUT2D eigenvalue weighted by Gasteiger charge is -2.22. The van der Waals surface area contributed by atoms with Gasteiger partial charge in [0.05, 0.1) is 24.1 Å². The van der Waals surface area contributed by atoms with Gasteiger partial charge >= 0.3 is 5.97 Å². The summed E-state index contributed by atoms with van der Waals surface area (Å²) >= 11 is 0. The molecule has 0 saturated carbocycles. The molecule has 1 unspecified atom stereocenters. The SMILES string of the molecule is CCOC(=O)/C=C/c1c(CC)c(NC)cc(F)c1Oc1ccc(F)c(-c2ncc(C(C)(O)c3ccccc3)[nH]2)c1. The van der Waals surface area contributed by atoms with E-state index in [1.54, 1.807) is 33.0 Å². The first kappa shape index (κ1) is 28.5. The van der Waals surface area contributed by atoms with Crippen molar-refractivity contribution in [3.05, 3.63) is 101 Å². The number of ether oxygens (including phenoxy) is 2. The van der Waals surface area contributed by atoms with Crippen LogP contribution in [0.25, 0.3) is 17.5 Å². The van der Waals surface area contributed by atoms with Crippen LogP contribution in [-0.2, 0) is 21.6 Å². The summed E-state index contributed by atoms with van der Waals surface area (Å²) in [5.41, 5.74) is 1.30. The monoisotopic (exact) mass is 547 g/mol. The van der Waals surface area contributed by atoms with Gasteiger partial charge in [-0.05, 0) is 55.7 Å². The largest absolute Gasteiger partial charge is 0.463 e. The number of imidazole rings is 1. The average molecular weight is 548 g/mol. The van der Waals surface area contributed by atoms with Gasteiger partial charge in [0, 0.05) is 30.4 Å². The maximum Gasteiger partial charge on any atom is 0.330 e. The molecule has 0 saturated heterocycles. The summed E-state index contributed by atoms with van der Waals surface area (Å²) in [4.78, 5) is 19.3. The minimum absolute atomic E-state index is 0.0687. The number of nitrogens with zero attached hydrogens (tertiary/aromatic N) is 1. The maximum atomic E-state index is 15.3. The van der Waals surface area contributed by atoms with Crippen LogP contribution in [-0.4, -0.2) is 34.7 Å². The number of nitrogens with one attached hydrogen (secondary N) is 2. The van der Waals surface area contributed by atoms with Crippen LogP contribution < -0.4 is 10.1 Å². The number of halogens is 2. The summed E-state index contributed by atoms with van der Waals surface area (Å²) < 4.78 is 41.2. The number of benzene rings is 3. The maximum absolute atomic E-state index is 15.3. The molecule has 0 aliphatic rings. The molecular weight excluding hydrogens is 516 g/mol. The number of aromatic amines is 1. The number of esters is 1. The summed E-state index contributed by atoms with van der Waals surface area (Å²) in [5, 5.41) is 14.1. The third kappa shape index (κ3) is 5.89. The highest BCUT2D eigenvalue weighted by atomic mass is 19.1. The fourth-order valence-corrected chi connectivity index (χ4v) is 4.41. The van der Waals surface area contributed by atoms with Crippen molar-refractivity contribution >= 4 is 17.7 Å². The van der Waals surface area contributed by atoms with Crippen LogP contribution in [0.5, 0.6) is 11.5 Å². The lowest BCUT2D eigenvalue weighted by atomic mass is 9.93. The highest BCUT2D eigenvalue weighted by Crippen LogP contribution is 2.38. The second kappa shape index (κ2) is 12.1. The topological polar surface area (TPSA) is 96.5 Å². The summed E-state index contributed by atoms with van der Waals surface area (Å²) in [6, 6.07) is 14.3. The Bertz CT molecular complexity index is 1530. The Balaban J connectivity index is 1.73. The van der Waals surface area contributed by atoms with Crippen molar-refractivity contribution in [1.82, 2.24) is 9.97 Å². The smallest absolute Gasteiger partial charge is 0.330 e. The number of hydrogen-bond donors (Lipinski definition) is 3. The number of aromatic nitrogens is 2. The molecular formula is C31H31F2N3O4. The van der Waals surface area contributed by atoms with Crippen LogP contribution in [0.15, 0.2) is 66.9 Å². The van der Waals surface area contributed by atoms with Crippen molar-refractivity contribution in [1.29, 1.82) is 0 Å². The van der Waals surface area contributed by atoms with Gasteiger partial charge in [0.2, 0.25) is 0 Å². The third-order valence-electron chi connectivity index (χ3n) is 6.53. The molecule has 1 aromatic heterocycles. The van der Waals surface area contributed by atoms with Crippen molar-refractivity contribution in [3.63, 3.8) is 0 Å². The van der Waals surface area contributed by atoms with Gasteiger partial charge in [0.25, 0.3) is 0 Å². The predicted octanol–water partition coefficient (Wildman–Crippen LogP) is 6.58. The first-order valence-corrected chi connectivity index (χ1v) is 12.9. The van der Waals surface area contributed by atoms with Crippen LogP contribution in [0.2, 0.25) is 0 Å². The first-order valence-electron chi connectivity index (χ1n) is 12.9. The highest BCUT2D eigenvalue weighted by molar-refractivity contribution is 5.88. The molecule has 9 heteroatoms. The van der Waals surface area contributed by atoms with Crippen LogP contribution in [0.3, 0.4) is 0 Å². The predicted molar refractivity (Wildman–Crippen MR) is 150 cm³/mol. The van der Waals surface area contributed by atoms with E-state index in [1.807, 2.05) is 25.1 Å². The van der Waals surface area contributed by atoms with Gasteiger partial charge in [-0.1, -0.05) is 37.3 Å². The molecule has 0 bridgehead atoms. The second-order valence-electron chi connectivity index (χ2n) is 9.14. The number of aliphatic hydroxyl groups is 1. The number of carbonyl (C=O) groups excluding carboxylic acids is 1. The van der Waals surface area contributed by atoms with Crippen LogP contribution >= 0.6 is 0 Å². The molecule has 0 spiro atoms. The Morgan fingerprint density at radius 2 is 1.88 bits per heavy atom. The molecule has 1 heterocycles. The Labute approximate surface area is 231 Å². The summed E-state index contributed by atoms with van der Waals surface area (Å²) in [7, 11) is 1.67. The average Bonchev–Trinajstić information content (AvgIpc) is 3.45. The highest BCUT2D eigenvalue weighted by Gasteiger charge is 2.28. The number of rotatable bonds is 10. The minimum Gasteiger partial charge on any atom is -0.463 e. The van der Waals surface area contributed by atoms with Crippen LogP contribution in [0.1, 0.15) is 43.2 Å². The standard InChI is InChI=1S/C31H31F2N3O4/c1-5-21-22(13-15-28(37)39-6-2)29(25(33)17-26(21)34-4)40-20-12-14-24(32)23(16-20)30-35-18-27(36-30)31(3,38)19-10-8-7-9-11-19/h7-18,34,38H,5-6H2,1-4H3,(H,35,36)/b15-13+. The summed E-state index contributed by atoms with van der Waals surface area (Å²) in [5.74, 6) is -1.65. The fourth-order valence-electron chi connectivity index (χ4n) is 4.41. The van der Waals surface area contributed by atoms with Gasteiger partial charge in [-0.2, -0.15) is 0 Å². The molecule has 0 aliphatic heterocycles. The van der Waals surface area contributed by atoms with E-state index in [0.29, 0.717) is 28.9 Å². The van der Waals surface area contributed by atoms with Gasteiger partial charge < -0.3 is 24.9 Å². The molecule has 4 rings (SSSR count). The Morgan fingerprint density at radius 3 is 2.55 bits per heavy atom. The second-order valence-corrected chi connectivity index (χ2v) is 9.14. The molecule has 208 valence electrons. The van der Waals surface area contributed by atoms with Crippen molar-refractivity contribution < 1.29 is 28.2 Å². The van der Waals surface area contributed by atoms with Crippen LogP contribution in [0, 0.1) is 11.6 Å². The number of anilines is 1. The van der Waals surface area contributed by atoms with E-state index in [1.165, 1.54) is 42.6 Å². The summed E-state index contributed by atoms with van der Waals surface area (Å²) in [6.07, 6.45) is 4.62. The van der Waals surface area contributed by atoms with Crippen molar-refractivity contribution in [2.75, 3.05) is 19.0 Å². The zero-order valence-electron chi connectivity index (χ0n) is 22.7. The lowest BCUT2D eigenvalue weighted by Crippen LogP contribution is -2.23. The van der Waals surface area contributed by atoms with Gasteiger partial charge in [0.15, 0.2) is 11.6 Å². The molecule has 40 heavy (non-hydrogen) atoms. The lowest BCUT2D eigenvalue weighted by molar-refractivity contribution is -0.137. The van der Waals surface area contributed by atoms with Gasteiger partial charge in [-0.3, -0.25) is 0 Å². The fraction of sp³-hybridized carbons (Fsp3) is 0.226. The van der Waals surface area contributed by atoms with Gasteiger partial charge in [0.1, 0.15) is 23.0 Å². The molecule has 3 aromatic carbocycles. The quantitative estimate of drug-likeness (QED) is 0.153. The van der Waals surface area contributed by atoms with E-state index < -0.39 is 23.2 Å². The number of H-pyrrole nitrogens is 1. The molecule has 0 fully saturated rings. The van der Waals surface area contributed by atoms with E-state index in [4.69, 9.17) is 9.47 Å². The Hall–Kier alpha value is -4.50. The minimum atomic E-state index is -1.40. The number of hydrogen-bond acceptors (Lipinski definition) is 6. The van der Waals surface area contributed by atoms with E-state index >= 15 is 4.39 Å². The van der Waals surface area contributed by atoms with E-state index in [0.717, 1.165) is 5.56 Å². The van der Waals surface area contributed by atoms with Crippen molar-refractivity contribution in [3.8, 4) is 22.9 Å². The van der Waals surface area contributed by atoms with E-state index in [2.05, 4.69) is 15.3 Å². The Morgan fingerprint density at radius 1 is 1.12 bits per heavy atom. The molecule has 0 amide bonds. The Kier molecular flexibility index (Phi) is 8.64. The normalized spacial score (nSPS) is 12.8. The van der Waals surface area contributed by atoms with Crippen molar-refractivity contribution in [2.45, 2.75) is 32.8 Å².